The molecule has 0 unspecified atom stereocenters. The van der Waals surface area contributed by atoms with E-state index < -0.39 is 31.1 Å². The van der Waals surface area contributed by atoms with Crippen LogP contribution in [0.25, 0.3) is 11.4 Å². The number of amides is 2. The molecule has 2 amide bonds. The summed E-state index contributed by atoms with van der Waals surface area (Å²) < 4.78 is 59.2. The first-order valence-corrected chi connectivity index (χ1v) is 14.0. The number of carbonyl (C=O) groups excluding carboxylic acids is 1. The van der Waals surface area contributed by atoms with Gasteiger partial charge in [0.25, 0.3) is 0 Å². The second-order valence-corrected chi connectivity index (χ2v) is 12.2. The Morgan fingerprint density at radius 3 is 2.38 bits per heavy atom. The van der Waals surface area contributed by atoms with Gasteiger partial charge in [-0.25, -0.2) is 32.0 Å². The van der Waals surface area contributed by atoms with Gasteiger partial charge in [0.1, 0.15) is 22.2 Å². The van der Waals surface area contributed by atoms with Crippen molar-refractivity contribution in [3.8, 4) is 11.4 Å². The van der Waals surface area contributed by atoms with Gasteiger partial charge in [0, 0.05) is 36.5 Å². The molecule has 0 saturated carbocycles. The average molecular weight is 560 g/mol. The largest absolute Gasteiger partial charge is 0.377 e. The lowest BCUT2D eigenvalue weighted by Gasteiger charge is -2.35. The predicted molar refractivity (Wildman–Crippen MR) is 144 cm³/mol. The number of carbonyl (C=O) groups is 1. The molecule has 2 aromatic carbocycles. The summed E-state index contributed by atoms with van der Waals surface area (Å²) in [6.07, 6.45) is 0. The van der Waals surface area contributed by atoms with Crippen molar-refractivity contribution in [2.24, 2.45) is 0 Å². The number of nitrogens with one attached hydrogen (secondary N) is 2. The Hall–Kier alpha value is -3.64. The summed E-state index contributed by atoms with van der Waals surface area (Å²) in [6.45, 7) is 8.64. The molecule has 1 atom stereocenters. The molecule has 1 saturated heterocycles. The molecule has 0 bridgehead atoms. The van der Waals surface area contributed by atoms with Gasteiger partial charge < -0.3 is 20.3 Å². The fourth-order valence-corrected chi connectivity index (χ4v) is 5.75. The van der Waals surface area contributed by atoms with Crippen LogP contribution in [0.2, 0.25) is 0 Å². The summed E-state index contributed by atoms with van der Waals surface area (Å²) in [5.74, 6) is -1.21. The highest BCUT2D eigenvalue weighted by Crippen LogP contribution is 2.37. The minimum Gasteiger partial charge on any atom is -0.377 e. The number of benzene rings is 2. The Morgan fingerprint density at radius 2 is 1.77 bits per heavy atom. The molecule has 1 aliphatic rings. The van der Waals surface area contributed by atoms with Crippen molar-refractivity contribution < 1.29 is 26.7 Å². The third-order valence-corrected chi connectivity index (χ3v) is 8.96. The van der Waals surface area contributed by atoms with E-state index in [-0.39, 0.29) is 23.6 Å². The number of sulfone groups is 1. The molecule has 1 aromatic heterocycles. The number of hydrogen-bond donors (Lipinski definition) is 2. The molecular weight excluding hydrogens is 528 g/mol. The number of rotatable bonds is 7. The van der Waals surface area contributed by atoms with Crippen molar-refractivity contribution >= 4 is 27.4 Å². The fourth-order valence-electron chi connectivity index (χ4n) is 4.24. The first-order valence-electron chi connectivity index (χ1n) is 12.5. The molecule has 0 spiro atoms. The summed E-state index contributed by atoms with van der Waals surface area (Å²) in [7, 11) is -4.29. The van der Waals surface area contributed by atoms with Crippen LogP contribution in [-0.4, -0.2) is 56.8 Å². The molecule has 208 valence electrons. The monoisotopic (exact) mass is 559 g/mol. The summed E-state index contributed by atoms with van der Waals surface area (Å²) in [5.41, 5.74) is 1.31. The van der Waals surface area contributed by atoms with Crippen molar-refractivity contribution in [3.63, 3.8) is 0 Å². The molecular formula is C27H31F2N5O4S. The van der Waals surface area contributed by atoms with Crippen LogP contribution in [0.1, 0.15) is 33.4 Å². The molecule has 0 aliphatic carbocycles. The number of hydrogen-bond acceptors (Lipinski definition) is 7. The highest BCUT2D eigenvalue weighted by molar-refractivity contribution is 7.92. The van der Waals surface area contributed by atoms with E-state index in [0.717, 1.165) is 12.1 Å². The van der Waals surface area contributed by atoms with Crippen molar-refractivity contribution in [1.82, 2.24) is 15.3 Å². The molecule has 12 heteroatoms. The minimum atomic E-state index is -4.29. The number of anilines is 2. The Morgan fingerprint density at radius 1 is 1.10 bits per heavy atom. The van der Waals surface area contributed by atoms with Crippen molar-refractivity contribution in [2.45, 2.75) is 43.4 Å². The van der Waals surface area contributed by atoms with E-state index in [1.165, 1.54) is 13.8 Å². The van der Waals surface area contributed by atoms with Crippen LogP contribution in [0, 0.1) is 11.6 Å². The summed E-state index contributed by atoms with van der Waals surface area (Å²) >= 11 is 0. The van der Waals surface area contributed by atoms with Crippen LogP contribution in [0.15, 0.2) is 53.4 Å². The molecule has 39 heavy (non-hydrogen) atoms. The zero-order valence-electron chi connectivity index (χ0n) is 22.2. The van der Waals surface area contributed by atoms with E-state index in [1.54, 1.807) is 30.3 Å². The molecule has 2 heterocycles. The van der Waals surface area contributed by atoms with Gasteiger partial charge in [-0.1, -0.05) is 0 Å². The molecule has 4 rings (SSSR count). The molecule has 0 radical (unpaired) electrons. The Balaban J connectivity index is 1.80. The molecule has 1 fully saturated rings. The number of urea groups is 1. The maximum absolute atomic E-state index is 14.0. The Bertz CT molecular complexity index is 1450. The molecule has 9 nitrogen and oxygen atoms in total. The van der Waals surface area contributed by atoms with Gasteiger partial charge in [-0.2, -0.15) is 0 Å². The number of halogens is 2. The number of morpholine rings is 1. The standard InChI is InChI=1S/C27H31F2N5O4S/c1-5-30-26(35)31-21-8-6-18(7-9-21)25-32-23(15-24(33-25)34-10-11-38-16-17(34)2)27(3,4)39(36,37)22-13-19(28)12-20(29)14-22/h6-9,12-15,17H,5,10-11,16H2,1-4H3,(H2,30,31,35)/t17-/m0/s1. The lowest BCUT2D eigenvalue weighted by molar-refractivity contribution is 0.0985. The van der Waals surface area contributed by atoms with E-state index in [9.17, 15) is 22.0 Å². The van der Waals surface area contributed by atoms with Gasteiger partial charge in [-0.05, 0) is 64.1 Å². The van der Waals surface area contributed by atoms with E-state index >= 15 is 0 Å². The normalized spacial score (nSPS) is 16.2. The minimum absolute atomic E-state index is 0.0324. The van der Waals surface area contributed by atoms with Gasteiger partial charge >= 0.3 is 6.03 Å². The fraction of sp³-hybridized carbons (Fsp3) is 0.370. The second kappa shape index (κ2) is 11.2. The zero-order chi connectivity index (χ0) is 28.4. The van der Waals surface area contributed by atoms with Gasteiger partial charge in [-0.15, -0.1) is 0 Å². The summed E-state index contributed by atoms with van der Waals surface area (Å²) in [5, 5.41) is 5.37. The van der Waals surface area contributed by atoms with Gasteiger partial charge in [0.15, 0.2) is 15.7 Å². The van der Waals surface area contributed by atoms with Gasteiger partial charge in [-0.3, -0.25) is 0 Å². The smallest absolute Gasteiger partial charge is 0.319 e. The zero-order valence-corrected chi connectivity index (χ0v) is 23.0. The van der Waals surface area contributed by atoms with E-state index in [0.29, 0.717) is 49.4 Å². The van der Waals surface area contributed by atoms with Crippen LogP contribution in [0.3, 0.4) is 0 Å². The highest BCUT2D eigenvalue weighted by Gasteiger charge is 2.40. The van der Waals surface area contributed by atoms with Crippen molar-refractivity contribution in [3.05, 3.63) is 65.9 Å². The third-order valence-electron chi connectivity index (χ3n) is 6.55. The van der Waals surface area contributed by atoms with Gasteiger partial charge in [0.05, 0.1) is 29.8 Å². The lowest BCUT2D eigenvalue weighted by Crippen LogP contribution is -2.44. The summed E-state index contributed by atoms with van der Waals surface area (Å²) in [4.78, 5) is 22.7. The van der Waals surface area contributed by atoms with Crippen LogP contribution in [-0.2, 0) is 19.3 Å². The van der Waals surface area contributed by atoms with Crippen molar-refractivity contribution in [2.75, 3.05) is 36.5 Å². The maximum atomic E-state index is 14.0. The highest BCUT2D eigenvalue weighted by atomic mass is 32.2. The number of nitrogens with zero attached hydrogens (tertiary/aromatic N) is 3. The van der Waals surface area contributed by atoms with E-state index in [4.69, 9.17) is 9.72 Å². The van der Waals surface area contributed by atoms with E-state index in [2.05, 4.69) is 15.6 Å². The predicted octanol–water partition coefficient (Wildman–Crippen LogP) is 4.50. The topological polar surface area (TPSA) is 114 Å². The Labute approximate surface area is 226 Å². The quantitative estimate of drug-likeness (QED) is 0.438. The Kier molecular flexibility index (Phi) is 8.17. The SMILES string of the molecule is CCNC(=O)Nc1ccc(-c2nc(N3CCOC[C@@H]3C)cc(C(C)(C)S(=O)(=O)c3cc(F)cc(F)c3)n2)cc1. The lowest BCUT2D eigenvalue weighted by atomic mass is 10.1. The van der Waals surface area contributed by atoms with Crippen LogP contribution in [0.4, 0.5) is 25.1 Å². The number of ether oxygens (including phenoxy) is 1. The molecule has 2 N–H and O–H groups in total. The van der Waals surface area contributed by atoms with Gasteiger partial charge in [0.2, 0.25) is 0 Å². The number of aromatic nitrogens is 2. The second-order valence-electron chi connectivity index (χ2n) is 9.73. The summed E-state index contributed by atoms with van der Waals surface area (Å²) in [6, 6.07) is 10.3. The third kappa shape index (κ3) is 6.01. The molecule has 1 aliphatic heterocycles. The first-order chi connectivity index (χ1) is 18.4. The average Bonchev–Trinajstić information content (AvgIpc) is 2.88. The first kappa shape index (κ1) is 28.4. The van der Waals surface area contributed by atoms with Crippen LogP contribution < -0.4 is 15.5 Å². The van der Waals surface area contributed by atoms with Crippen LogP contribution >= 0.6 is 0 Å². The molecule has 3 aromatic rings. The maximum Gasteiger partial charge on any atom is 0.319 e. The van der Waals surface area contributed by atoms with Crippen LogP contribution in [0.5, 0.6) is 0 Å². The van der Waals surface area contributed by atoms with Crippen molar-refractivity contribution in [1.29, 1.82) is 0 Å². The van der Waals surface area contributed by atoms with E-state index in [1.807, 2.05) is 18.7 Å².